The van der Waals surface area contributed by atoms with Crippen molar-refractivity contribution in [3.8, 4) is 0 Å². The molecule has 100 valence electrons. The Balaban J connectivity index is 2.57. The largest absolute Gasteiger partial charge is 0.406 e. The van der Waals surface area contributed by atoms with Gasteiger partial charge in [0.1, 0.15) is 12.6 Å². The van der Waals surface area contributed by atoms with Crippen molar-refractivity contribution in [3.63, 3.8) is 0 Å². The zero-order valence-electron chi connectivity index (χ0n) is 9.92. The molecular formula is C11H18F3NO2. The van der Waals surface area contributed by atoms with Crippen molar-refractivity contribution in [3.05, 3.63) is 0 Å². The van der Waals surface area contributed by atoms with Gasteiger partial charge in [0.05, 0.1) is 0 Å². The Morgan fingerprint density at radius 3 is 2.65 bits per heavy atom. The summed E-state index contributed by atoms with van der Waals surface area (Å²) < 4.78 is 42.2. The van der Waals surface area contributed by atoms with Crippen LogP contribution in [0, 0.1) is 0 Å². The third-order valence-electron chi connectivity index (χ3n) is 2.67. The molecule has 0 bridgehead atoms. The third kappa shape index (κ3) is 4.93. The quantitative estimate of drug-likeness (QED) is 0.752. The maximum Gasteiger partial charge on any atom is 0.406 e. The second-order valence-electron chi connectivity index (χ2n) is 4.23. The summed E-state index contributed by atoms with van der Waals surface area (Å²) in [5, 5.41) is 0. The van der Waals surface area contributed by atoms with Gasteiger partial charge in [-0.25, -0.2) is 0 Å². The van der Waals surface area contributed by atoms with Gasteiger partial charge in [-0.15, -0.1) is 0 Å². The van der Waals surface area contributed by atoms with Crippen molar-refractivity contribution in [2.24, 2.45) is 0 Å². The molecular weight excluding hydrogens is 235 g/mol. The Hall–Kier alpha value is -0.780. The smallest absolute Gasteiger partial charge is 0.368 e. The molecule has 1 saturated heterocycles. The fraction of sp³-hybridized carbons (Fsp3) is 0.909. The van der Waals surface area contributed by atoms with Gasteiger partial charge < -0.3 is 9.64 Å². The molecule has 0 saturated carbocycles. The van der Waals surface area contributed by atoms with Crippen molar-refractivity contribution >= 4 is 5.91 Å². The summed E-state index contributed by atoms with van der Waals surface area (Å²) in [5.41, 5.74) is 0. The molecule has 3 nitrogen and oxygen atoms in total. The number of hydrogen-bond donors (Lipinski definition) is 0. The Morgan fingerprint density at radius 1 is 1.47 bits per heavy atom. The molecule has 6 heteroatoms. The summed E-state index contributed by atoms with van der Waals surface area (Å²) >= 11 is 0. The number of ether oxygens (including phenoxy) is 1. The lowest BCUT2D eigenvalue weighted by Gasteiger charge is -2.26. The van der Waals surface area contributed by atoms with Gasteiger partial charge in [0, 0.05) is 13.2 Å². The topological polar surface area (TPSA) is 29.5 Å². The molecule has 1 amide bonds. The van der Waals surface area contributed by atoms with Gasteiger partial charge in [0.15, 0.2) is 0 Å². The predicted molar refractivity (Wildman–Crippen MR) is 56.5 cm³/mol. The van der Waals surface area contributed by atoms with E-state index in [0.29, 0.717) is 19.4 Å². The summed E-state index contributed by atoms with van der Waals surface area (Å²) in [6.07, 6.45) is -2.42. The van der Waals surface area contributed by atoms with Gasteiger partial charge in [-0.05, 0) is 19.3 Å². The Bertz CT molecular complexity index is 250. The van der Waals surface area contributed by atoms with Crippen LogP contribution in [0.3, 0.4) is 0 Å². The van der Waals surface area contributed by atoms with Gasteiger partial charge >= 0.3 is 6.18 Å². The molecule has 1 aliphatic heterocycles. The average Bonchev–Trinajstić information content (AvgIpc) is 2.74. The molecule has 1 atom stereocenters. The van der Waals surface area contributed by atoms with Crippen molar-refractivity contribution in [2.75, 3.05) is 19.7 Å². The second kappa shape index (κ2) is 6.23. The molecule has 0 spiro atoms. The van der Waals surface area contributed by atoms with E-state index in [9.17, 15) is 18.0 Å². The van der Waals surface area contributed by atoms with E-state index >= 15 is 0 Å². The highest BCUT2D eigenvalue weighted by molar-refractivity contribution is 5.81. The fourth-order valence-electron chi connectivity index (χ4n) is 1.81. The Labute approximate surface area is 98.9 Å². The van der Waals surface area contributed by atoms with E-state index in [0.717, 1.165) is 17.7 Å². The van der Waals surface area contributed by atoms with E-state index < -0.39 is 24.7 Å². The van der Waals surface area contributed by atoms with Gasteiger partial charge in [0.2, 0.25) is 0 Å². The van der Waals surface area contributed by atoms with E-state index in [-0.39, 0.29) is 6.54 Å². The number of amides is 1. The first-order valence-electron chi connectivity index (χ1n) is 5.91. The zero-order chi connectivity index (χ0) is 12.9. The number of halogens is 3. The Kier molecular flexibility index (Phi) is 5.24. The summed E-state index contributed by atoms with van der Waals surface area (Å²) in [6, 6.07) is 0. The van der Waals surface area contributed by atoms with Crippen LogP contribution in [0.5, 0.6) is 0 Å². The van der Waals surface area contributed by atoms with E-state index in [4.69, 9.17) is 4.74 Å². The van der Waals surface area contributed by atoms with E-state index in [1.165, 1.54) is 0 Å². The van der Waals surface area contributed by atoms with Crippen LogP contribution >= 0.6 is 0 Å². The number of nitrogens with zero attached hydrogens (tertiary/aromatic N) is 1. The highest BCUT2D eigenvalue weighted by atomic mass is 19.4. The number of carbonyl (C=O) groups excluding carboxylic acids is 1. The second-order valence-corrected chi connectivity index (χ2v) is 4.23. The molecule has 1 rings (SSSR count). The monoisotopic (exact) mass is 253 g/mol. The average molecular weight is 253 g/mol. The maximum absolute atomic E-state index is 12.3. The SMILES string of the molecule is CCCCN(CC(F)(F)F)C(=O)C1CCCO1. The van der Waals surface area contributed by atoms with Crippen molar-refractivity contribution in [1.82, 2.24) is 4.90 Å². The van der Waals surface area contributed by atoms with Gasteiger partial charge in [-0.2, -0.15) is 13.2 Å². The van der Waals surface area contributed by atoms with Crippen LogP contribution in [0.4, 0.5) is 13.2 Å². The number of hydrogen-bond acceptors (Lipinski definition) is 2. The molecule has 0 radical (unpaired) electrons. The van der Waals surface area contributed by atoms with Gasteiger partial charge in [-0.3, -0.25) is 4.79 Å². The van der Waals surface area contributed by atoms with Crippen molar-refractivity contribution in [1.29, 1.82) is 0 Å². The first-order valence-corrected chi connectivity index (χ1v) is 5.91. The molecule has 0 aromatic rings. The summed E-state index contributed by atoms with van der Waals surface area (Å²) in [7, 11) is 0. The number of unbranched alkanes of at least 4 members (excludes halogenated alkanes) is 1. The van der Waals surface area contributed by atoms with Crippen molar-refractivity contribution < 1.29 is 22.7 Å². The maximum atomic E-state index is 12.3. The van der Waals surface area contributed by atoms with Crippen LogP contribution in [0.2, 0.25) is 0 Å². The summed E-state index contributed by atoms with van der Waals surface area (Å²) in [4.78, 5) is 12.7. The molecule has 0 aromatic heterocycles. The molecule has 1 fully saturated rings. The molecule has 1 heterocycles. The first-order chi connectivity index (χ1) is 7.94. The number of rotatable bonds is 5. The summed E-state index contributed by atoms with van der Waals surface area (Å²) in [5.74, 6) is -0.520. The zero-order valence-corrected chi connectivity index (χ0v) is 9.92. The molecule has 0 aromatic carbocycles. The first kappa shape index (κ1) is 14.3. The van der Waals surface area contributed by atoms with E-state index in [1.54, 1.807) is 0 Å². The van der Waals surface area contributed by atoms with Crippen LogP contribution in [-0.4, -0.2) is 42.8 Å². The summed E-state index contributed by atoms with van der Waals surface area (Å²) in [6.45, 7) is 1.31. The molecule has 17 heavy (non-hydrogen) atoms. The van der Waals surface area contributed by atoms with E-state index in [1.807, 2.05) is 6.92 Å². The normalized spacial score (nSPS) is 20.6. The lowest BCUT2D eigenvalue weighted by atomic mass is 10.2. The van der Waals surface area contributed by atoms with Gasteiger partial charge in [0.25, 0.3) is 5.91 Å². The molecule has 1 unspecified atom stereocenters. The van der Waals surface area contributed by atoms with Crippen molar-refractivity contribution in [2.45, 2.75) is 44.9 Å². The lowest BCUT2D eigenvalue weighted by molar-refractivity contribution is -0.166. The molecule has 0 aliphatic carbocycles. The van der Waals surface area contributed by atoms with Crippen LogP contribution < -0.4 is 0 Å². The standard InChI is InChI=1S/C11H18F3NO2/c1-2-3-6-15(8-11(12,13)14)10(16)9-5-4-7-17-9/h9H,2-8H2,1H3. The predicted octanol–water partition coefficient (Wildman–Crippen LogP) is 2.36. The molecule has 1 aliphatic rings. The number of carbonyl (C=O) groups is 1. The Morgan fingerprint density at radius 2 is 2.18 bits per heavy atom. The van der Waals surface area contributed by atoms with Gasteiger partial charge in [-0.1, -0.05) is 13.3 Å². The highest BCUT2D eigenvalue weighted by Gasteiger charge is 2.36. The van der Waals surface area contributed by atoms with E-state index in [2.05, 4.69) is 0 Å². The highest BCUT2D eigenvalue weighted by Crippen LogP contribution is 2.20. The van der Waals surface area contributed by atoms with Crippen LogP contribution in [0.15, 0.2) is 0 Å². The fourth-order valence-corrected chi connectivity index (χ4v) is 1.81. The lowest BCUT2D eigenvalue weighted by Crippen LogP contribution is -2.44. The third-order valence-corrected chi connectivity index (χ3v) is 2.67. The molecule has 0 N–H and O–H groups in total. The number of alkyl halides is 3. The van der Waals surface area contributed by atoms with Crippen LogP contribution in [0.1, 0.15) is 32.6 Å². The van der Waals surface area contributed by atoms with Crippen LogP contribution in [0.25, 0.3) is 0 Å². The minimum Gasteiger partial charge on any atom is -0.368 e. The minimum atomic E-state index is -4.35. The van der Waals surface area contributed by atoms with Crippen LogP contribution in [-0.2, 0) is 9.53 Å². The minimum absolute atomic E-state index is 0.148.